The van der Waals surface area contributed by atoms with E-state index >= 15 is 0 Å². The molecule has 15 aromatic rings. The summed E-state index contributed by atoms with van der Waals surface area (Å²) in [4.78, 5) is 2.40. The highest BCUT2D eigenvalue weighted by Crippen LogP contribution is 2.70. The van der Waals surface area contributed by atoms with Crippen LogP contribution in [-0.2, 0) is 21.7 Å². The Balaban J connectivity index is 0.000000127. The molecule has 0 saturated carbocycles. The van der Waals surface area contributed by atoms with Gasteiger partial charge in [0.1, 0.15) is 0 Å². The van der Waals surface area contributed by atoms with Gasteiger partial charge in [-0.05, 0) is 234 Å². The number of nitrogen functional groups attached to an aromatic ring is 2. The van der Waals surface area contributed by atoms with Gasteiger partial charge in [0.15, 0.2) is 0 Å². The fraction of sp³-hybridized carbons (Fsp3) is 0.0426. The molecule has 0 heterocycles. The third-order valence-electron chi connectivity index (χ3n) is 22.8. The lowest BCUT2D eigenvalue weighted by atomic mass is 9.52. The molecule has 4 spiro atoms. The van der Waals surface area contributed by atoms with E-state index in [1.54, 1.807) is 24.3 Å². The number of nitrogens with two attached hydrogens (primary N) is 2. The lowest BCUT2D eigenvalue weighted by molar-refractivity contribution is 0.426. The zero-order valence-electron chi connectivity index (χ0n) is 55.6. The third-order valence-corrected chi connectivity index (χ3v) is 24.1. The lowest BCUT2D eigenvalue weighted by Gasteiger charge is -2.49. The van der Waals surface area contributed by atoms with E-state index in [0.717, 1.165) is 37.1 Å². The first kappa shape index (κ1) is 62.9. The second-order valence-corrected chi connectivity index (χ2v) is 29.6. The van der Waals surface area contributed by atoms with Crippen LogP contribution in [-0.4, -0.2) is 17.2 Å². The maximum absolute atomic E-state index is 8.69. The Morgan fingerprint density at radius 1 is 0.252 bits per heavy atom. The SMILES string of the molecule is Brc1ccc2c(c1)C1(c3ccccc3-c3ccccc31)c1ccc(Br)cc1C21c2ccccc2-c2ccccc21.Nc1ccc(-c2ccc3c(c2)C2(c4ccccc4-c4ccccc42)c2ccc(-c4ccc(N)cc4)cc2C32c3ccccc3-c3ccccc32)cc1.OB(O)c1ccc(NCl)cc1. The minimum atomic E-state index is -1.42. The molecule has 0 radical (unpaired) electrons. The van der Waals surface area contributed by atoms with Crippen molar-refractivity contribution < 1.29 is 10.0 Å². The van der Waals surface area contributed by atoms with Crippen LogP contribution in [0.1, 0.15) is 89.0 Å². The first-order valence-electron chi connectivity index (χ1n) is 34.7. The van der Waals surface area contributed by atoms with Crippen molar-refractivity contribution in [1.29, 1.82) is 0 Å². The first-order valence-corrected chi connectivity index (χ1v) is 36.7. The van der Waals surface area contributed by atoms with Gasteiger partial charge in [0, 0.05) is 37.8 Å². The van der Waals surface area contributed by atoms with Gasteiger partial charge in [0.05, 0.1) is 21.7 Å². The molecule has 6 aliphatic rings. The van der Waals surface area contributed by atoms with Crippen LogP contribution in [0.25, 0.3) is 66.8 Å². The molecule has 490 valence electrons. The standard InChI is InChI=1S/C50H34N2.C38H22Br2.C6H7BClNO2/c51-35-23-17-31(18-24-35)33-22-28-46-47(29-33)49(41-13-5-1-9-37(41)38-10-2-6-14-42(38)49)45-27-21-34(32-19-25-36(52)26-20-32)30-48(45)50(46)43-15-7-3-11-39(43)40-12-4-8-16-44(40)50;39-23-18-20-34-35(21-23)37(29-13-5-1-9-25(29)26-10-2-6-14-30(26)37)33-19-17-24(40)22-36(33)38(34)31-15-7-3-11-27(31)28-12-4-8-16-32(28)38;8-9-6-3-1-5(2-4-6)7(10)11/h1-30H,51-52H2;1-22H;1-4,9-11H. The molecular weight excluding hydrogens is 1410 g/mol. The third kappa shape index (κ3) is 8.86. The van der Waals surface area contributed by atoms with Crippen LogP contribution in [0, 0.1) is 0 Å². The summed E-state index contributed by atoms with van der Waals surface area (Å²) in [6.45, 7) is 0. The molecule has 0 aliphatic heterocycles. The number of nitrogens with one attached hydrogen (secondary N) is 1. The summed E-state index contributed by atoms with van der Waals surface area (Å²) in [5.74, 6) is 0. The predicted molar refractivity (Wildman–Crippen MR) is 430 cm³/mol. The zero-order chi connectivity index (χ0) is 69.5. The lowest BCUT2D eigenvalue weighted by Crippen LogP contribution is -2.43. The topological polar surface area (TPSA) is 105 Å². The van der Waals surface area contributed by atoms with Gasteiger partial charge in [-0.1, -0.05) is 299 Å². The van der Waals surface area contributed by atoms with Crippen LogP contribution in [0.2, 0.25) is 0 Å². The number of fused-ring (bicyclic) bond motifs is 32. The molecule has 0 amide bonds. The number of benzene rings is 15. The van der Waals surface area contributed by atoms with Gasteiger partial charge < -0.3 is 21.5 Å². The van der Waals surface area contributed by atoms with Gasteiger partial charge in [-0.2, -0.15) is 0 Å². The predicted octanol–water partition coefficient (Wildman–Crippen LogP) is 21.4. The fourth-order valence-corrected chi connectivity index (χ4v) is 19.8. The van der Waals surface area contributed by atoms with E-state index in [1.807, 2.05) is 24.3 Å². The van der Waals surface area contributed by atoms with Crippen molar-refractivity contribution in [3.8, 4) is 66.8 Å². The van der Waals surface area contributed by atoms with Gasteiger partial charge in [-0.15, -0.1) is 0 Å². The fourth-order valence-electron chi connectivity index (χ4n) is 18.9. The summed E-state index contributed by atoms with van der Waals surface area (Å²) in [5, 5.41) is 17.4. The molecule has 0 fully saturated rings. The van der Waals surface area contributed by atoms with Gasteiger partial charge in [0.25, 0.3) is 0 Å². The molecule has 0 bridgehead atoms. The average Bonchev–Trinajstić information content (AvgIpc) is 1.56. The molecule has 15 aromatic carbocycles. The Labute approximate surface area is 621 Å². The quantitative estimate of drug-likeness (QED) is 0.0686. The van der Waals surface area contributed by atoms with Crippen molar-refractivity contribution >= 4 is 73.3 Å². The normalized spacial score (nSPS) is 14.5. The monoisotopic (exact) mass is 1470 g/mol. The maximum Gasteiger partial charge on any atom is 0.488 e. The molecule has 0 unspecified atom stereocenters. The minimum absolute atomic E-state index is 0.430. The number of rotatable bonds is 4. The van der Waals surface area contributed by atoms with Crippen molar-refractivity contribution in [1.82, 2.24) is 0 Å². The smallest absolute Gasteiger partial charge is 0.423 e. The highest BCUT2D eigenvalue weighted by atomic mass is 79.9. The van der Waals surface area contributed by atoms with Gasteiger partial charge in [-0.25, -0.2) is 0 Å². The highest BCUT2D eigenvalue weighted by molar-refractivity contribution is 9.10. The Morgan fingerprint density at radius 2 is 0.485 bits per heavy atom. The Hall–Kier alpha value is -11.1. The van der Waals surface area contributed by atoms with E-state index in [1.165, 1.54) is 145 Å². The summed E-state index contributed by atoms with van der Waals surface area (Å²) in [6, 6.07) is 124. The van der Waals surface area contributed by atoms with Crippen LogP contribution in [0.15, 0.2) is 349 Å². The van der Waals surface area contributed by atoms with Gasteiger partial charge >= 0.3 is 7.12 Å². The number of hydrogen-bond acceptors (Lipinski definition) is 5. The van der Waals surface area contributed by atoms with Crippen LogP contribution in [0.5, 0.6) is 0 Å². The zero-order valence-corrected chi connectivity index (χ0v) is 59.5. The Bertz CT molecular complexity index is 5470. The Kier molecular flexibility index (Phi) is 14.7. The first-order chi connectivity index (χ1) is 50.5. The summed E-state index contributed by atoms with van der Waals surface area (Å²) >= 11 is 13.1. The van der Waals surface area contributed by atoms with E-state index in [2.05, 4.69) is 328 Å². The van der Waals surface area contributed by atoms with E-state index in [9.17, 15) is 0 Å². The number of halogens is 3. The summed E-state index contributed by atoms with van der Waals surface area (Å²) in [7, 11) is -1.42. The molecule has 0 atom stereocenters. The molecule has 0 aromatic heterocycles. The molecule has 5 nitrogen and oxygen atoms in total. The van der Waals surface area contributed by atoms with E-state index in [0.29, 0.717) is 5.46 Å². The van der Waals surface area contributed by atoms with E-state index < -0.39 is 28.8 Å². The number of hydrogen-bond donors (Lipinski definition) is 5. The molecule has 103 heavy (non-hydrogen) atoms. The van der Waals surface area contributed by atoms with E-state index in [4.69, 9.17) is 33.3 Å². The van der Waals surface area contributed by atoms with E-state index in [-0.39, 0.29) is 0 Å². The molecule has 7 N–H and O–H groups in total. The van der Waals surface area contributed by atoms with Crippen LogP contribution in [0.3, 0.4) is 0 Å². The highest BCUT2D eigenvalue weighted by Gasteiger charge is 2.61. The van der Waals surface area contributed by atoms with Crippen LogP contribution >= 0.6 is 43.6 Å². The maximum atomic E-state index is 8.69. The van der Waals surface area contributed by atoms with Crippen molar-refractivity contribution in [2.45, 2.75) is 21.7 Å². The minimum Gasteiger partial charge on any atom is -0.423 e. The second-order valence-electron chi connectivity index (χ2n) is 27.6. The largest absolute Gasteiger partial charge is 0.488 e. The van der Waals surface area contributed by atoms with Crippen molar-refractivity contribution in [3.05, 3.63) is 438 Å². The molecular formula is C94H63BBr2ClN3O2. The molecule has 21 rings (SSSR count). The molecule has 6 aliphatic carbocycles. The van der Waals surface area contributed by atoms with Crippen molar-refractivity contribution in [3.63, 3.8) is 0 Å². The van der Waals surface area contributed by atoms with Crippen molar-refractivity contribution in [2.75, 3.05) is 16.3 Å². The summed E-state index contributed by atoms with van der Waals surface area (Å²) < 4.78 is 2.20. The van der Waals surface area contributed by atoms with Crippen LogP contribution < -0.4 is 21.8 Å². The van der Waals surface area contributed by atoms with Crippen LogP contribution in [0.4, 0.5) is 17.1 Å². The van der Waals surface area contributed by atoms with Gasteiger partial charge in [0.2, 0.25) is 0 Å². The number of anilines is 3. The molecule has 0 saturated heterocycles. The summed E-state index contributed by atoms with van der Waals surface area (Å²) in [5.41, 5.74) is 49.6. The second kappa shape index (κ2) is 24.0. The average molecular weight is 1470 g/mol. The molecule has 9 heteroatoms. The van der Waals surface area contributed by atoms with Gasteiger partial charge in [-0.3, -0.25) is 4.84 Å². The Morgan fingerprint density at radius 3 is 0.738 bits per heavy atom. The summed E-state index contributed by atoms with van der Waals surface area (Å²) in [6.07, 6.45) is 0. The van der Waals surface area contributed by atoms with Crippen molar-refractivity contribution in [2.24, 2.45) is 0 Å².